The van der Waals surface area contributed by atoms with Gasteiger partial charge in [0.05, 0.1) is 6.04 Å². The van der Waals surface area contributed by atoms with Crippen molar-refractivity contribution in [2.24, 2.45) is 5.73 Å². The largest absolute Gasteiger partial charge is 0.321 e. The summed E-state index contributed by atoms with van der Waals surface area (Å²) in [7, 11) is 3.31. The molecule has 0 bridgehead atoms. The molecule has 0 spiro atoms. The Morgan fingerprint density at radius 1 is 1.29 bits per heavy atom. The number of carbonyl (C=O) groups excluding carboxylic acids is 2. The molecule has 0 aromatic heterocycles. The molecule has 14 heavy (non-hydrogen) atoms. The van der Waals surface area contributed by atoms with Crippen LogP contribution in [0.15, 0.2) is 0 Å². The van der Waals surface area contributed by atoms with Gasteiger partial charge in [-0.1, -0.05) is 28.5 Å². The summed E-state index contributed by atoms with van der Waals surface area (Å²) in [5.41, 5.74) is 5.65. The molecule has 0 amide bonds. The minimum Gasteiger partial charge on any atom is -0.321 e. The van der Waals surface area contributed by atoms with Gasteiger partial charge < -0.3 is 10.5 Å². The third-order valence-corrected chi connectivity index (χ3v) is 4.10. The second-order valence-electron chi connectivity index (χ2n) is 2.97. The minimum absolute atomic E-state index is 0.00981. The van der Waals surface area contributed by atoms with E-state index in [0.29, 0.717) is 12.2 Å². The van der Waals surface area contributed by atoms with Gasteiger partial charge in [0.2, 0.25) is 0 Å². The van der Waals surface area contributed by atoms with E-state index in [1.165, 1.54) is 6.92 Å². The van der Waals surface area contributed by atoms with Gasteiger partial charge in [0.15, 0.2) is 5.78 Å². The number of hydrogen-bond acceptors (Lipinski definition) is 5. The molecule has 0 aromatic rings. The molecule has 0 heterocycles. The molecule has 0 saturated carbocycles. The number of carbonyl (C=O) groups is 2. The van der Waals surface area contributed by atoms with Crippen molar-refractivity contribution in [1.82, 2.24) is 0 Å². The molecule has 0 radical (unpaired) electrons. The summed E-state index contributed by atoms with van der Waals surface area (Å²) in [5, 5.41) is 0. The average molecular weight is 235 g/mol. The maximum atomic E-state index is 11.3. The molecule has 5 heteroatoms. The second-order valence-corrected chi connectivity index (χ2v) is 5.76. The van der Waals surface area contributed by atoms with Crippen LogP contribution in [0.3, 0.4) is 0 Å². The topological polar surface area (TPSA) is 60.2 Å². The van der Waals surface area contributed by atoms with Crippen LogP contribution in [0, 0.1) is 0 Å². The Kier molecular flexibility index (Phi) is 8.32. The lowest BCUT2D eigenvalue weighted by Crippen LogP contribution is -2.32. The Hall–Kier alpha value is -0.000000000000000111. The number of nitrogens with two attached hydrogens (primary N) is 1. The summed E-state index contributed by atoms with van der Waals surface area (Å²) in [5.74, 6) is 1.68. The second kappa shape index (κ2) is 8.32. The lowest BCUT2D eigenvalue weighted by Gasteiger charge is -2.08. The molecular formula is C9H17NO2S2. The molecule has 3 nitrogen and oxygen atoms in total. The number of ketones is 2. The van der Waals surface area contributed by atoms with Gasteiger partial charge in [-0.2, -0.15) is 0 Å². The summed E-state index contributed by atoms with van der Waals surface area (Å²) in [6.07, 6.45) is 0.603. The Bertz CT molecular complexity index is 197. The van der Waals surface area contributed by atoms with Gasteiger partial charge in [-0.3, -0.25) is 4.79 Å². The Morgan fingerprint density at radius 2 is 1.93 bits per heavy atom. The molecule has 0 rings (SSSR count). The van der Waals surface area contributed by atoms with Crippen LogP contribution >= 0.6 is 21.6 Å². The van der Waals surface area contributed by atoms with E-state index in [1.807, 2.05) is 0 Å². The average Bonchev–Trinajstić information content (AvgIpc) is 2.14. The van der Waals surface area contributed by atoms with Crippen molar-refractivity contribution in [3.8, 4) is 0 Å². The molecule has 0 unspecified atom stereocenters. The first-order valence-electron chi connectivity index (χ1n) is 4.60. The zero-order valence-electron chi connectivity index (χ0n) is 8.62. The lowest BCUT2D eigenvalue weighted by atomic mass is 10.1. The van der Waals surface area contributed by atoms with Crippen LogP contribution in [0.2, 0.25) is 0 Å². The van der Waals surface area contributed by atoms with Crippen LogP contribution in [0.4, 0.5) is 0 Å². The van der Waals surface area contributed by atoms with E-state index in [0.717, 1.165) is 5.75 Å². The van der Waals surface area contributed by atoms with Gasteiger partial charge in [0.25, 0.3) is 0 Å². The van der Waals surface area contributed by atoms with E-state index in [9.17, 15) is 9.59 Å². The smallest absolute Gasteiger partial charge is 0.150 e. The van der Waals surface area contributed by atoms with Gasteiger partial charge >= 0.3 is 0 Å². The van der Waals surface area contributed by atoms with E-state index in [2.05, 4.69) is 6.92 Å². The van der Waals surface area contributed by atoms with Crippen molar-refractivity contribution in [1.29, 1.82) is 0 Å². The number of hydrogen-bond donors (Lipinski definition) is 1. The van der Waals surface area contributed by atoms with Crippen LogP contribution in [-0.2, 0) is 9.59 Å². The highest BCUT2D eigenvalue weighted by molar-refractivity contribution is 8.76. The quantitative estimate of drug-likeness (QED) is 0.512. The van der Waals surface area contributed by atoms with Crippen molar-refractivity contribution in [3.05, 3.63) is 0 Å². The van der Waals surface area contributed by atoms with E-state index < -0.39 is 6.04 Å². The van der Waals surface area contributed by atoms with Crippen LogP contribution < -0.4 is 5.73 Å². The normalized spacial score (nSPS) is 12.5. The molecule has 0 aromatic carbocycles. The van der Waals surface area contributed by atoms with Crippen molar-refractivity contribution < 1.29 is 9.59 Å². The third-order valence-electron chi connectivity index (χ3n) is 1.59. The van der Waals surface area contributed by atoms with Crippen molar-refractivity contribution in [2.45, 2.75) is 32.7 Å². The molecule has 0 aliphatic carbocycles. The van der Waals surface area contributed by atoms with Gasteiger partial charge in [-0.25, -0.2) is 0 Å². The highest BCUT2D eigenvalue weighted by Crippen LogP contribution is 2.21. The van der Waals surface area contributed by atoms with Crippen LogP contribution in [0.25, 0.3) is 0 Å². The standard InChI is InChI=1S/C9H17NO2S2/c1-3-13-14-6-8(10)9(12)5-4-7(2)11/h8H,3-6,10H2,1-2H3/t8-/m0/s1. The first-order chi connectivity index (χ1) is 6.57. The maximum Gasteiger partial charge on any atom is 0.150 e. The molecule has 0 aliphatic heterocycles. The first-order valence-corrected chi connectivity index (χ1v) is 7.08. The third kappa shape index (κ3) is 7.41. The fourth-order valence-corrected chi connectivity index (χ4v) is 2.61. The Morgan fingerprint density at radius 3 is 2.43 bits per heavy atom. The Balaban J connectivity index is 3.59. The van der Waals surface area contributed by atoms with Gasteiger partial charge in [0, 0.05) is 24.3 Å². The molecule has 1 atom stereocenters. The molecule has 0 aliphatic rings. The van der Waals surface area contributed by atoms with Crippen LogP contribution in [-0.4, -0.2) is 29.1 Å². The van der Waals surface area contributed by atoms with Crippen LogP contribution in [0.1, 0.15) is 26.7 Å². The van der Waals surface area contributed by atoms with E-state index in [-0.39, 0.29) is 18.0 Å². The minimum atomic E-state index is -0.418. The fourth-order valence-electron chi connectivity index (χ4n) is 0.782. The fraction of sp³-hybridized carbons (Fsp3) is 0.778. The van der Waals surface area contributed by atoms with Crippen molar-refractivity contribution in [3.63, 3.8) is 0 Å². The predicted octanol–water partition coefficient (Wildman–Crippen LogP) is 1.65. The number of Topliss-reactive ketones (excluding diaryl/α,β-unsaturated/α-hetero) is 2. The van der Waals surface area contributed by atoms with E-state index >= 15 is 0 Å². The highest BCUT2D eigenvalue weighted by Gasteiger charge is 2.13. The summed E-state index contributed by atoms with van der Waals surface area (Å²) in [6.45, 7) is 3.54. The zero-order chi connectivity index (χ0) is 11.0. The summed E-state index contributed by atoms with van der Waals surface area (Å²) < 4.78 is 0. The van der Waals surface area contributed by atoms with Crippen LogP contribution in [0.5, 0.6) is 0 Å². The van der Waals surface area contributed by atoms with E-state index in [1.54, 1.807) is 21.6 Å². The molecule has 82 valence electrons. The van der Waals surface area contributed by atoms with Gasteiger partial charge in [0.1, 0.15) is 5.78 Å². The highest BCUT2D eigenvalue weighted by atomic mass is 33.1. The maximum absolute atomic E-state index is 11.3. The summed E-state index contributed by atoms with van der Waals surface area (Å²) >= 11 is 0. The molecular weight excluding hydrogens is 218 g/mol. The molecule has 2 N–H and O–H groups in total. The summed E-state index contributed by atoms with van der Waals surface area (Å²) in [4.78, 5) is 22.0. The molecule has 0 saturated heterocycles. The predicted molar refractivity (Wildman–Crippen MR) is 63.5 cm³/mol. The van der Waals surface area contributed by atoms with Crippen molar-refractivity contribution in [2.75, 3.05) is 11.5 Å². The number of rotatable bonds is 8. The van der Waals surface area contributed by atoms with Gasteiger partial charge in [-0.15, -0.1) is 0 Å². The zero-order valence-corrected chi connectivity index (χ0v) is 10.2. The van der Waals surface area contributed by atoms with Crippen molar-refractivity contribution >= 4 is 33.2 Å². The SMILES string of the molecule is CCSSC[C@H](N)C(=O)CCC(C)=O. The summed E-state index contributed by atoms with van der Waals surface area (Å²) in [6, 6.07) is -0.418. The van der Waals surface area contributed by atoms with E-state index in [4.69, 9.17) is 5.73 Å². The molecule has 0 fully saturated rings. The Labute approximate surface area is 93.0 Å². The monoisotopic (exact) mass is 235 g/mol. The lowest BCUT2D eigenvalue weighted by molar-refractivity contribution is -0.123. The van der Waals surface area contributed by atoms with Gasteiger partial charge in [-0.05, 0) is 6.92 Å². The first kappa shape index (κ1) is 14.0.